The van der Waals surface area contributed by atoms with Gasteiger partial charge in [-0.15, -0.1) is 0 Å². The Morgan fingerprint density at radius 2 is 1.75 bits per heavy atom. The Morgan fingerprint density at radius 1 is 1.15 bits per heavy atom. The molecular formula is C16H22ClNO2. The molecule has 0 amide bonds. The maximum absolute atomic E-state index is 12.4. The Morgan fingerprint density at radius 3 is 2.30 bits per heavy atom. The minimum absolute atomic E-state index is 0.142. The molecule has 20 heavy (non-hydrogen) atoms. The van der Waals surface area contributed by atoms with Crippen molar-refractivity contribution in [3.8, 4) is 0 Å². The molecule has 0 aliphatic heterocycles. The number of carbonyl (C=O) groups is 1. The molecule has 2 rings (SSSR count). The van der Waals surface area contributed by atoms with E-state index in [9.17, 15) is 4.79 Å². The van der Waals surface area contributed by atoms with Crippen molar-refractivity contribution in [1.82, 2.24) is 0 Å². The standard InChI is InChI=1S/C16H22ClNO2/c17-14-7-5-13(6-8-14)11-20-15(19)16(12-18)9-3-1-2-4-10-16/h5-8H,1-4,9-12,18H2. The maximum atomic E-state index is 12.4. The molecule has 0 radical (unpaired) electrons. The third kappa shape index (κ3) is 3.74. The summed E-state index contributed by atoms with van der Waals surface area (Å²) in [6.45, 7) is 0.671. The van der Waals surface area contributed by atoms with Crippen LogP contribution in [0.5, 0.6) is 0 Å². The van der Waals surface area contributed by atoms with Gasteiger partial charge in [-0.1, -0.05) is 49.4 Å². The van der Waals surface area contributed by atoms with Crippen LogP contribution < -0.4 is 5.73 Å². The zero-order valence-electron chi connectivity index (χ0n) is 11.7. The molecule has 0 spiro atoms. The molecule has 1 aliphatic rings. The lowest BCUT2D eigenvalue weighted by atomic mass is 9.80. The number of ether oxygens (including phenoxy) is 1. The van der Waals surface area contributed by atoms with Crippen molar-refractivity contribution in [2.75, 3.05) is 6.54 Å². The Kier molecular flexibility index (Phi) is 5.44. The topological polar surface area (TPSA) is 52.3 Å². The van der Waals surface area contributed by atoms with Gasteiger partial charge in [0.1, 0.15) is 6.61 Å². The Balaban J connectivity index is 1.96. The van der Waals surface area contributed by atoms with E-state index in [0.717, 1.165) is 31.2 Å². The van der Waals surface area contributed by atoms with Crippen LogP contribution in [0.15, 0.2) is 24.3 Å². The van der Waals surface area contributed by atoms with Crippen molar-refractivity contribution in [2.45, 2.75) is 45.1 Å². The van der Waals surface area contributed by atoms with Crippen LogP contribution in [0, 0.1) is 5.41 Å². The van der Waals surface area contributed by atoms with Gasteiger partial charge < -0.3 is 10.5 Å². The first kappa shape index (κ1) is 15.3. The molecular weight excluding hydrogens is 274 g/mol. The quantitative estimate of drug-likeness (QED) is 0.681. The van der Waals surface area contributed by atoms with Gasteiger partial charge >= 0.3 is 5.97 Å². The minimum Gasteiger partial charge on any atom is -0.460 e. The van der Waals surface area contributed by atoms with E-state index in [4.69, 9.17) is 22.1 Å². The van der Waals surface area contributed by atoms with Crippen LogP contribution in [0.25, 0.3) is 0 Å². The molecule has 0 atom stereocenters. The van der Waals surface area contributed by atoms with E-state index in [0.29, 0.717) is 11.6 Å². The fraction of sp³-hybridized carbons (Fsp3) is 0.562. The second-order valence-electron chi connectivity index (χ2n) is 5.60. The highest BCUT2D eigenvalue weighted by Crippen LogP contribution is 2.35. The van der Waals surface area contributed by atoms with Crippen LogP contribution in [0.3, 0.4) is 0 Å². The van der Waals surface area contributed by atoms with E-state index in [1.807, 2.05) is 12.1 Å². The molecule has 1 aliphatic carbocycles. The highest BCUT2D eigenvalue weighted by atomic mass is 35.5. The zero-order chi connectivity index (χ0) is 14.4. The molecule has 2 N–H and O–H groups in total. The summed E-state index contributed by atoms with van der Waals surface area (Å²) in [4.78, 5) is 12.4. The molecule has 1 aromatic rings. The number of halogens is 1. The maximum Gasteiger partial charge on any atom is 0.313 e. The molecule has 3 nitrogen and oxygen atoms in total. The Labute approximate surface area is 125 Å². The van der Waals surface area contributed by atoms with E-state index < -0.39 is 5.41 Å². The molecule has 1 aromatic carbocycles. The number of carbonyl (C=O) groups excluding carboxylic acids is 1. The molecule has 0 unspecified atom stereocenters. The fourth-order valence-electron chi connectivity index (χ4n) is 2.78. The predicted octanol–water partition coefficient (Wildman–Crippen LogP) is 3.68. The lowest BCUT2D eigenvalue weighted by Gasteiger charge is -2.28. The van der Waals surface area contributed by atoms with Gasteiger partial charge in [-0.3, -0.25) is 4.79 Å². The van der Waals surface area contributed by atoms with Crippen molar-refractivity contribution < 1.29 is 9.53 Å². The number of benzene rings is 1. The number of esters is 1. The number of nitrogens with two attached hydrogens (primary N) is 1. The summed E-state index contributed by atoms with van der Waals surface area (Å²) in [5.41, 5.74) is 6.36. The normalized spacial score (nSPS) is 18.3. The predicted molar refractivity (Wildman–Crippen MR) is 80.4 cm³/mol. The summed E-state index contributed by atoms with van der Waals surface area (Å²) in [5.74, 6) is -0.142. The first-order valence-corrected chi connectivity index (χ1v) is 7.66. The summed E-state index contributed by atoms with van der Waals surface area (Å²) in [5, 5.41) is 0.683. The lowest BCUT2D eigenvalue weighted by molar-refractivity contribution is -0.157. The van der Waals surface area contributed by atoms with Gasteiger partial charge in [-0.2, -0.15) is 0 Å². The van der Waals surface area contributed by atoms with Gasteiger partial charge in [0.25, 0.3) is 0 Å². The molecule has 0 aromatic heterocycles. The molecule has 0 saturated heterocycles. The summed E-state index contributed by atoms with van der Waals surface area (Å²) in [6.07, 6.45) is 6.20. The Hall–Kier alpha value is -1.06. The van der Waals surface area contributed by atoms with E-state index in [1.54, 1.807) is 12.1 Å². The van der Waals surface area contributed by atoms with Gasteiger partial charge in [-0.05, 0) is 30.5 Å². The highest BCUT2D eigenvalue weighted by molar-refractivity contribution is 6.30. The lowest BCUT2D eigenvalue weighted by Crippen LogP contribution is -2.39. The number of rotatable bonds is 4. The van der Waals surface area contributed by atoms with E-state index in [-0.39, 0.29) is 12.6 Å². The van der Waals surface area contributed by atoms with Crippen LogP contribution in [0.2, 0.25) is 5.02 Å². The van der Waals surface area contributed by atoms with Crippen LogP contribution in [0.4, 0.5) is 0 Å². The number of hydrogen-bond acceptors (Lipinski definition) is 3. The van der Waals surface area contributed by atoms with Gasteiger partial charge in [0, 0.05) is 11.6 Å². The largest absolute Gasteiger partial charge is 0.460 e. The minimum atomic E-state index is -0.469. The second-order valence-corrected chi connectivity index (χ2v) is 6.04. The van der Waals surface area contributed by atoms with Gasteiger partial charge in [-0.25, -0.2) is 0 Å². The average molecular weight is 296 g/mol. The molecule has 0 heterocycles. The summed E-state index contributed by atoms with van der Waals surface area (Å²) in [6, 6.07) is 7.35. The van der Waals surface area contributed by atoms with Crippen molar-refractivity contribution in [2.24, 2.45) is 11.1 Å². The van der Waals surface area contributed by atoms with Crippen LogP contribution in [0.1, 0.15) is 44.1 Å². The van der Waals surface area contributed by atoms with E-state index in [2.05, 4.69) is 0 Å². The fourth-order valence-corrected chi connectivity index (χ4v) is 2.91. The molecule has 110 valence electrons. The van der Waals surface area contributed by atoms with Crippen LogP contribution >= 0.6 is 11.6 Å². The van der Waals surface area contributed by atoms with Crippen molar-refractivity contribution >= 4 is 17.6 Å². The zero-order valence-corrected chi connectivity index (χ0v) is 12.5. The SMILES string of the molecule is NCC1(C(=O)OCc2ccc(Cl)cc2)CCCCCC1. The van der Waals surface area contributed by atoms with Crippen molar-refractivity contribution in [3.63, 3.8) is 0 Å². The van der Waals surface area contributed by atoms with Crippen molar-refractivity contribution in [3.05, 3.63) is 34.9 Å². The molecule has 1 fully saturated rings. The molecule has 0 bridgehead atoms. The smallest absolute Gasteiger partial charge is 0.313 e. The second kappa shape index (κ2) is 7.09. The molecule has 4 heteroatoms. The Bertz CT molecular complexity index is 436. The van der Waals surface area contributed by atoms with Crippen LogP contribution in [-0.4, -0.2) is 12.5 Å². The molecule has 1 saturated carbocycles. The first-order valence-electron chi connectivity index (χ1n) is 7.28. The highest BCUT2D eigenvalue weighted by Gasteiger charge is 2.38. The average Bonchev–Trinajstić information content (AvgIpc) is 2.73. The third-order valence-corrected chi connectivity index (χ3v) is 4.42. The monoisotopic (exact) mass is 295 g/mol. The van der Waals surface area contributed by atoms with Gasteiger partial charge in [0.15, 0.2) is 0 Å². The first-order chi connectivity index (χ1) is 9.66. The number of hydrogen-bond donors (Lipinski definition) is 1. The van der Waals surface area contributed by atoms with Crippen LogP contribution in [-0.2, 0) is 16.1 Å². The van der Waals surface area contributed by atoms with Gasteiger partial charge in [0.05, 0.1) is 5.41 Å². The van der Waals surface area contributed by atoms with E-state index >= 15 is 0 Å². The summed E-state index contributed by atoms with van der Waals surface area (Å²) in [7, 11) is 0. The third-order valence-electron chi connectivity index (χ3n) is 4.17. The van der Waals surface area contributed by atoms with Crippen molar-refractivity contribution in [1.29, 1.82) is 0 Å². The summed E-state index contributed by atoms with van der Waals surface area (Å²) < 4.78 is 5.50. The van der Waals surface area contributed by atoms with Gasteiger partial charge in [0.2, 0.25) is 0 Å². The van der Waals surface area contributed by atoms with E-state index in [1.165, 1.54) is 12.8 Å². The summed E-state index contributed by atoms with van der Waals surface area (Å²) >= 11 is 5.83.